The number of nitrogens with zero attached hydrogens (tertiary/aromatic N) is 2. The molecule has 1 amide bonds. The molecule has 1 heterocycles. The Bertz CT molecular complexity index is 442. The Morgan fingerprint density at radius 1 is 1.52 bits per heavy atom. The number of amides is 1. The molecule has 5 nitrogen and oxygen atoms in total. The largest absolute Gasteiger partial charge is 0.453 e. The number of ether oxygens (including phenoxy) is 1. The molecule has 1 aliphatic carbocycles. The first-order valence-electron chi connectivity index (χ1n) is 7.29. The van der Waals surface area contributed by atoms with Crippen molar-refractivity contribution in [2.75, 3.05) is 27.2 Å². The molecular weight excluding hydrogens is 336 g/mol. The van der Waals surface area contributed by atoms with Gasteiger partial charge < -0.3 is 9.64 Å². The molecule has 1 aliphatic heterocycles. The van der Waals surface area contributed by atoms with Gasteiger partial charge in [-0.1, -0.05) is 22.5 Å². The van der Waals surface area contributed by atoms with E-state index in [1.54, 1.807) is 11.9 Å². The molecule has 0 aromatic rings. The number of ketones is 1. The molecule has 2 fully saturated rings. The number of hydrogen-bond donors (Lipinski definition) is 0. The van der Waals surface area contributed by atoms with E-state index >= 15 is 0 Å². The minimum Gasteiger partial charge on any atom is -0.453 e. The summed E-state index contributed by atoms with van der Waals surface area (Å²) in [6.07, 6.45) is 3.61. The normalized spacial score (nSPS) is 25.1. The maximum Gasteiger partial charge on any atom is 0.409 e. The summed E-state index contributed by atoms with van der Waals surface area (Å²) in [5, 5.41) is 0. The van der Waals surface area contributed by atoms with Crippen LogP contribution in [-0.4, -0.2) is 60.5 Å². The standard InChI is InChI=1S/C15H23BrN2O3/c1-11(16)9-18-10-12(17(2)14(20)21-3)8-15(18)6-4-13(19)5-7-15/h12H,1,4-10H2,2-3H3. The van der Waals surface area contributed by atoms with Gasteiger partial charge in [0, 0.05) is 49.0 Å². The van der Waals surface area contributed by atoms with Gasteiger partial charge in [0.2, 0.25) is 0 Å². The quantitative estimate of drug-likeness (QED) is 0.777. The molecule has 0 N–H and O–H groups in total. The SMILES string of the molecule is C=C(Br)CN1CC(N(C)C(=O)OC)CC12CCC(=O)CC2. The number of carbonyl (C=O) groups excluding carboxylic acids is 2. The Kier molecular flexibility index (Phi) is 5.09. The van der Waals surface area contributed by atoms with Crippen molar-refractivity contribution in [2.24, 2.45) is 0 Å². The van der Waals surface area contributed by atoms with E-state index in [1.807, 2.05) is 0 Å². The topological polar surface area (TPSA) is 49.9 Å². The lowest BCUT2D eigenvalue weighted by Crippen LogP contribution is -2.47. The molecule has 1 saturated carbocycles. The molecule has 0 aromatic carbocycles. The molecule has 0 aromatic heterocycles. The van der Waals surface area contributed by atoms with Crippen LogP contribution in [0.15, 0.2) is 11.1 Å². The zero-order chi connectivity index (χ0) is 15.6. The minimum atomic E-state index is -0.304. The molecule has 21 heavy (non-hydrogen) atoms. The summed E-state index contributed by atoms with van der Waals surface area (Å²) in [6, 6.07) is 0.123. The van der Waals surface area contributed by atoms with Gasteiger partial charge in [0.25, 0.3) is 0 Å². The van der Waals surface area contributed by atoms with Crippen LogP contribution in [0.1, 0.15) is 32.1 Å². The molecule has 1 atom stereocenters. The van der Waals surface area contributed by atoms with E-state index in [4.69, 9.17) is 4.74 Å². The van der Waals surface area contributed by atoms with Crippen LogP contribution in [0.2, 0.25) is 0 Å². The second-order valence-corrected chi connectivity index (χ2v) is 7.22. The average molecular weight is 359 g/mol. The van der Waals surface area contributed by atoms with Crippen molar-refractivity contribution in [3.63, 3.8) is 0 Å². The van der Waals surface area contributed by atoms with E-state index in [9.17, 15) is 9.59 Å². The molecular formula is C15H23BrN2O3. The van der Waals surface area contributed by atoms with Crippen molar-refractivity contribution in [1.29, 1.82) is 0 Å². The maximum atomic E-state index is 11.8. The number of carbonyl (C=O) groups is 2. The van der Waals surface area contributed by atoms with Gasteiger partial charge in [0.1, 0.15) is 5.78 Å². The highest BCUT2D eigenvalue weighted by molar-refractivity contribution is 9.11. The van der Waals surface area contributed by atoms with Gasteiger partial charge in [-0.15, -0.1) is 0 Å². The summed E-state index contributed by atoms with van der Waals surface area (Å²) in [4.78, 5) is 27.4. The van der Waals surface area contributed by atoms with Crippen LogP contribution in [-0.2, 0) is 9.53 Å². The summed E-state index contributed by atoms with van der Waals surface area (Å²) >= 11 is 3.44. The lowest BCUT2D eigenvalue weighted by atomic mass is 9.78. The molecule has 1 saturated heterocycles. The predicted octanol–water partition coefficient (Wildman–Crippen LogP) is 2.55. The number of likely N-dealkylation sites (N-methyl/N-ethyl adjacent to an activating group) is 1. The number of hydrogen-bond acceptors (Lipinski definition) is 4. The molecule has 0 radical (unpaired) electrons. The van der Waals surface area contributed by atoms with Gasteiger partial charge >= 0.3 is 6.09 Å². The zero-order valence-electron chi connectivity index (χ0n) is 12.7. The van der Waals surface area contributed by atoms with Gasteiger partial charge in [0.15, 0.2) is 0 Å². The van der Waals surface area contributed by atoms with Gasteiger partial charge in [-0.3, -0.25) is 9.69 Å². The highest BCUT2D eigenvalue weighted by atomic mass is 79.9. The summed E-state index contributed by atoms with van der Waals surface area (Å²) in [5.74, 6) is 0.350. The number of likely N-dealkylation sites (tertiary alicyclic amines) is 1. The molecule has 1 spiro atoms. The molecule has 1 unspecified atom stereocenters. The van der Waals surface area contributed by atoms with E-state index in [0.717, 1.165) is 36.8 Å². The fraction of sp³-hybridized carbons (Fsp3) is 0.733. The van der Waals surface area contributed by atoms with Crippen molar-refractivity contribution < 1.29 is 14.3 Å². The average Bonchev–Trinajstić information content (AvgIpc) is 2.78. The Morgan fingerprint density at radius 2 is 2.14 bits per heavy atom. The van der Waals surface area contributed by atoms with Gasteiger partial charge in [-0.25, -0.2) is 4.79 Å². The van der Waals surface area contributed by atoms with Gasteiger partial charge in [0.05, 0.1) is 7.11 Å². The molecule has 0 bridgehead atoms. The van der Waals surface area contributed by atoms with Crippen LogP contribution in [0.4, 0.5) is 4.79 Å². The third kappa shape index (κ3) is 3.48. The zero-order valence-corrected chi connectivity index (χ0v) is 14.3. The summed E-state index contributed by atoms with van der Waals surface area (Å²) in [7, 11) is 3.19. The maximum absolute atomic E-state index is 11.8. The van der Waals surface area contributed by atoms with Crippen LogP contribution < -0.4 is 0 Å². The van der Waals surface area contributed by atoms with Crippen LogP contribution in [0, 0.1) is 0 Å². The fourth-order valence-electron chi connectivity index (χ4n) is 3.59. The summed E-state index contributed by atoms with van der Waals surface area (Å²) < 4.78 is 5.75. The summed E-state index contributed by atoms with van der Waals surface area (Å²) in [5.41, 5.74) is 0.0115. The Labute approximate surface area is 134 Å². The van der Waals surface area contributed by atoms with Gasteiger partial charge in [-0.05, 0) is 19.3 Å². The van der Waals surface area contributed by atoms with Crippen LogP contribution in [0.25, 0.3) is 0 Å². The number of Topliss-reactive ketones (excluding diaryl/α,β-unsaturated/α-hetero) is 1. The first-order chi connectivity index (χ1) is 9.88. The Balaban J connectivity index is 2.15. The lowest BCUT2D eigenvalue weighted by molar-refractivity contribution is -0.122. The highest BCUT2D eigenvalue weighted by Gasteiger charge is 2.48. The van der Waals surface area contributed by atoms with E-state index in [0.29, 0.717) is 18.6 Å². The van der Waals surface area contributed by atoms with Crippen molar-refractivity contribution in [3.05, 3.63) is 11.1 Å². The Hall–Kier alpha value is -0.880. The van der Waals surface area contributed by atoms with Crippen molar-refractivity contribution in [3.8, 4) is 0 Å². The third-order valence-corrected chi connectivity index (χ3v) is 5.08. The second-order valence-electron chi connectivity index (χ2n) is 6.10. The number of halogens is 1. The third-order valence-electron chi connectivity index (χ3n) is 4.83. The minimum absolute atomic E-state index is 0.0115. The smallest absolute Gasteiger partial charge is 0.409 e. The highest BCUT2D eigenvalue weighted by Crippen LogP contribution is 2.42. The first-order valence-corrected chi connectivity index (χ1v) is 8.08. The van der Waals surface area contributed by atoms with Crippen molar-refractivity contribution in [2.45, 2.75) is 43.7 Å². The molecule has 6 heteroatoms. The van der Waals surface area contributed by atoms with Crippen LogP contribution in [0.3, 0.4) is 0 Å². The molecule has 2 rings (SSSR count). The van der Waals surface area contributed by atoms with Crippen molar-refractivity contribution >= 4 is 27.8 Å². The monoisotopic (exact) mass is 358 g/mol. The van der Waals surface area contributed by atoms with Crippen LogP contribution >= 0.6 is 15.9 Å². The lowest BCUT2D eigenvalue weighted by Gasteiger charge is -2.41. The van der Waals surface area contributed by atoms with E-state index < -0.39 is 0 Å². The second kappa shape index (κ2) is 6.48. The fourth-order valence-corrected chi connectivity index (χ4v) is 3.89. The van der Waals surface area contributed by atoms with E-state index in [1.165, 1.54) is 7.11 Å². The van der Waals surface area contributed by atoms with Crippen LogP contribution in [0.5, 0.6) is 0 Å². The van der Waals surface area contributed by atoms with Crippen molar-refractivity contribution in [1.82, 2.24) is 9.80 Å². The number of methoxy groups -OCH3 is 1. The van der Waals surface area contributed by atoms with E-state index in [2.05, 4.69) is 27.4 Å². The molecule has 118 valence electrons. The van der Waals surface area contributed by atoms with E-state index in [-0.39, 0.29) is 17.7 Å². The van der Waals surface area contributed by atoms with Gasteiger partial charge in [-0.2, -0.15) is 0 Å². The summed E-state index contributed by atoms with van der Waals surface area (Å²) in [6.45, 7) is 5.48. The molecule has 2 aliphatic rings. The number of rotatable bonds is 3. The predicted molar refractivity (Wildman–Crippen MR) is 84.4 cm³/mol. The Morgan fingerprint density at radius 3 is 2.67 bits per heavy atom. The first kappa shape index (κ1) is 16.5.